The van der Waals surface area contributed by atoms with Gasteiger partial charge in [-0.1, -0.05) is 0 Å². The van der Waals surface area contributed by atoms with Crippen LogP contribution in [0.1, 0.15) is 6.92 Å². The Morgan fingerprint density at radius 1 is 1.31 bits per heavy atom. The van der Waals surface area contributed by atoms with Gasteiger partial charge in [0.05, 0.1) is 10.5 Å². The lowest BCUT2D eigenvalue weighted by molar-refractivity contribution is -0.0426. The largest absolute Gasteiger partial charge is 0.387 e. The second kappa shape index (κ2) is 3.94. The van der Waals surface area contributed by atoms with Crippen LogP contribution in [-0.2, 0) is 10.0 Å². The van der Waals surface area contributed by atoms with Crippen LogP contribution in [0.5, 0.6) is 0 Å². The molecule has 1 aromatic rings. The number of hydrogen-bond acceptors (Lipinski definition) is 3. The highest BCUT2D eigenvalue weighted by molar-refractivity contribution is 14.1. The van der Waals surface area contributed by atoms with Gasteiger partial charge in [0, 0.05) is 16.7 Å². The third-order valence-corrected chi connectivity index (χ3v) is 5.01. The van der Waals surface area contributed by atoms with E-state index >= 15 is 0 Å². The number of sulfonamides is 1. The van der Waals surface area contributed by atoms with Gasteiger partial charge in [-0.2, -0.15) is 4.31 Å². The fourth-order valence-electron chi connectivity index (χ4n) is 1.64. The van der Waals surface area contributed by atoms with Gasteiger partial charge in [-0.05, 0) is 53.8 Å². The summed E-state index contributed by atoms with van der Waals surface area (Å²) in [5.74, 6) is 0. The van der Waals surface area contributed by atoms with Crippen LogP contribution in [0.3, 0.4) is 0 Å². The molecule has 1 aromatic carbocycles. The normalized spacial score (nSPS) is 20.4. The molecule has 4 nitrogen and oxygen atoms in total. The van der Waals surface area contributed by atoms with Gasteiger partial charge in [0.2, 0.25) is 10.0 Å². The Bertz CT molecular complexity index is 487. The molecule has 0 spiro atoms. The van der Waals surface area contributed by atoms with E-state index in [1.165, 1.54) is 4.31 Å². The Morgan fingerprint density at radius 3 is 2.25 bits per heavy atom. The van der Waals surface area contributed by atoms with E-state index in [9.17, 15) is 13.5 Å². The summed E-state index contributed by atoms with van der Waals surface area (Å²) >= 11 is 2.12. The number of rotatable bonds is 2. The summed E-state index contributed by atoms with van der Waals surface area (Å²) in [5, 5.41) is 9.53. The van der Waals surface area contributed by atoms with Gasteiger partial charge in [0.25, 0.3) is 0 Å². The minimum atomic E-state index is -3.42. The van der Waals surface area contributed by atoms with Crippen LogP contribution in [0.4, 0.5) is 0 Å². The van der Waals surface area contributed by atoms with E-state index in [-0.39, 0.29) is 18.0 Å². The number of nitrogens with zero attached hydrogens (tertiary/aromatic N) is 1. The van der Waals surface area contributed by atoms with Crippen molar-refractivity contribution in [1.29, 1.82) is 0 Å². The molecule has 1 heterocycles. The van der Waals surface area contributed by atoms with Crippen LogP contribution >= 0.6 is 22.6 Å². The summed E-state index contributed by atoms with van der Waals surface area (Å²) in [6.07, 6.45) is 0. The average Bonchev–Trinajstić information content (AvgIpc) is 2.14. The van der Waals surface area contributed by atoms with Crippen LogP contribution in [0.15, 0.2) is 29.2 Å². The first-order chi connectivity index (χ1) is 7.31. The van der Waals surface area contributed by atoms with Crippen LogP contribution < -0.4 is 0 Å². The van der Waals surface area contributed by atoms with Gasteiger partial charge in [0.15, 0.2) is 0 Å². The van der Waals surface area contributed by atoms with Crippen molar-refractivity contribution in [3.8, 4) is 0 Å². The van der Waals surface area contributed by atoms with E-state index in [0.717, 1.165) is 3.57 Å². The molecule has 1 aliphatic heterocycles. The molecule has 0 bridgehead atoms. The Morgan fingerprint density at radius 2 is 1.81 bits per heavy atom. The highest BCUT2D eigenvalue weighted by Gasteiger charge is 2.43. The average molecular weight is 353 g/mol. The van der Waals surface area contributed by atoms with Crippen molar-refractivity contribution in [2.45, 2.75) is 17.4 Å². The lowest BCUT2D eigenvalue weighted by atomic mass is 10.0. The molecule has 6 heteroatoms. The fourth-order valence-corrected chi connectivity index (χ4v) is 3.67. The van der Waals surface area contributed by atoms with Crippen molar-refractivity contribution in [2.75, 3.05) is 13.1 Å². The maximum atomic E-state index is 12.0. The van der Waals surface area contributed by atoms with Gasteiger partial charge in [-0.25, -0.2) is 8.42 Å². The SMILES string of the molecule is CC1(O)CN(S(=O)(=O)c2ccc(I)cc2)C1. The summed E-state index contributed by atoms with van der Waals surface area (Å²) in [7, 11) is -3.42. The Kier molecular flexibility index (Phi) is 3.02. The van der Waals surface area contributed by atoms with Crippen molar-refractivity contribution in [2.24, 2.45) is 0 Å². The maximum absolute atomic E-state index is 12.0. The number of hydrogen-bond donors (Lipinski definition) is 1. The smallest absolute Gasteiger partial charge is 0.243 e. The topological polar surface area (TPSA) is 57.6 Å². The van der Waals surface area contributed by atoms with Gasteiger partial charge >= 0.3 is 0 Å². The fraction of sp³-hybridized carbons (Fsp3) is 0.400. The minimum absolute atomic E-state index is 0.168. The van der Waals surface area contributed by atoms with Gasteiger partial charge < -0.3 is 5.11 Å². The van der Waals surface area contributed by atoms with Crippen LogP contribution in [0.25, 0.3) is 0 Å². The first-order valence-corrected chi connectivity index (χ1v) is 7.31. The van der Waals surface area contributed by atoms with E-state index in [1.54, 1.807) is 31.2 Å². The summed E-state index contributed by atoms with van der Waals surface area (Å²) < 4.78 is 26.3. The van der Waals surface area contributed by atoms with Crippen molar-refractivity contribution in [3.63, 3.8) is 0 Å². The van der Waals surface area contributed by atoms with Crippen molar-refractivity contribution >= 4 is 32.6 Å². The molecule has 16 heavy (non-hydrogen) atoms. The monoisotopic (exact) mass is 353 g/mol. The molecule has 0 saturated carbocycles. The molecule has 0 amide bonds. The lowest BCUT2D eigenvalue weighted by Gasteiger charge is -2.42. The first-order valence-electron chi connectivity index (χ1n) is 4.79. The van der Waals surface area contributed by atoms with Gasteiger partial charge in [-0.3, -0.25) is 0 Å². The molecule has 88 valence electrons. The highest BCUT2D eigenvalue weighted by Crippen LogP contribution is 2.27. The third-order valence-electron chi connectivity index (χ3n) is 2.49. The molecular formula is C10H12INO3S. The second-order valence-electron chi connectivity index (χ2n) is 4.22. The molecule has 1 fully saturated rings. The lowest BCUT2D eigenvalue weighted by Crippen LogP contribution is -2.61. The Balaban J connectivity index is 2.24. The Hall–Kier alpha value is -0.180. The molecule has 0 aromatic heterocycles. The van der Waals surface area contributed by atoms with E-state index in [0.29, 0.717) is 0 Å². The van der Waals surface area contributed by atoms with Crippen molar-refractivity contribution < 1.29 is 13.5 Å². The summed E-state index contributed by atoms with van der Waals surface area (Å²) in [6.45, 7) is 1.97. The van der Waals surface area contributed by atoms with Gasteiger partial charge in [-0.15, -0.1) is 0 Å². The summed E-state index contributed by atoms with van der Waals surface area (Å²) in [6, 6.07) is 6.69. The molecule has 0 aliphatic carbocycles. The predicted octanol–water partition coefficient (Wildman–Crippen LogP) is 1.05. The minimum Gasteiger partial charge on any atom is -0.387 e. The van der Waals surface area contributed by atoms with Crippen LogP contribution in [-0.4, -0.2) is 36.5 Å². The quantitative estimate of drug-likeness (QED) is 0.809. The zero-order valence-corrected chi connectivity index (χ0v) is 11.7. The number of benzene rings is 1. The predicted molar refractivity (Wildman–Crippen MR) is 68.5 cm³/mol. The van der Waals surface area contributed by atoms with Crippen LogP contribution in [0.2, 0.25) is 0 Å². The molecule has 0 atom stereocenters. The van der Waals surface area contributed by atoms with Crippen molar-refractivity contribution in [3.05, 3.63) is 27.8 Å². The van der Waals surface area contributed by atoms with E-state index < -0.39 is 15.6 Å². The second-order valence-corrected chi connectivity index (χ2v) is 7.41. The van der Waals surface area contributed by atoms with Crippen molar-refractivity contribution in [1.82, 2.24) is 4.31 Å². The maximum Gasteiger partial charge on any atom is 0.243 e. The molecule has 1 aliphatic rings. The molecule has 1 saturated heterocycles. The molecular weight excluding hydrogens is 341 g/mol. The molecule has 0 unspecified atom stereocenters. The Labute approximate surface area is 108 Å². The van der Waals surface area contributed by atoms with Gasteiger partial charge in [0.1, 0.15) is 0 Å². The summed E-state index contributed by atoms with van der Waals surface area (Å²) in [5.41, 5.74) is -0.879. The molecule has 1 N–H and O–H groups in total. The van der Waals surface area contributed by atoms with Crippen LogP contribution in [0, 0.1) is 3.57 Å². The third kappa shape index (κ3) is 2.24. The first kappa shape index (κ1) is 12.3. The zero-order chi connectivity index (χ0) is 12.0. The number of halogens is 1. The highest BCUT2D eigenvalue weighted by atomic mass is 127. The van der Waals surface area contributed by atoms with E-state index in [1.807, 2.05) is 0 Å². The number of β-amino-alcohol motifs (C(OH)–C–C–N with tert-alkyl or cyclic N) is 1. The zero-order valence-electron chi connectivity index (χ0n) is 8.72. The molecule has 0 radical (unpaired) electrons. The molecule has 2 rings (SSSR count). The summed E-state index contributed by atoms with van der Waals surface area (Å²) in [4.78, 5) is 0.281. The van der Waals surface area contributed by atoms with E-state index in [4.69, 9.17) is 0 Å². The standard InChI is InChI=1S/C10H12INO3S/c1-10(13)6-12(7-10)16(14,15)9-4-2-8(11)3-5-9/h2-5,13H,6-7H2,1H3. The van der Waals surface area contributed by atoms with E-state index in [2.05, 4.69) is 22.6 Å². The number of aliphatic hydroxyl groups is 1.